The minimum atomic E-state index is 0.528. The third-order valence-corrected chi connectivity index (χ3v) is 1.23. The Kier molecular flexibility index (Phi) is 3.06. The average molecular weight is 149 g/mol. The van der Waals surface area contributed by atoms with E-state index in [1.54, 1.807) is 6.08 Å². The molecule has 0 saturated carbocycles. The molecule has 0 aromatic heterocycles. The number of hydrogen-bond donors (Lipinski definition) is 1. The molecule has 0 aliphatic carbocycles. The summed E-state index contributed by atoms with van der Waals surface area (Å²) >= 11 is 0. The summed E-state index contributed by atoms with van der Waals surface area (Å²) < 4.78 is 5.28. The van der Waals surface area contributed by atoms with Gasteiger partial charge in [0.2, 0.25) is 0 Å². The lowest BCUT2D eigenvalue weighted by Gasteiger charge is -2.00. The maximum Gasteiger partial charge on any atom is 0.119 e. The topological polar surface area (TPSA) is 35.2 Å². The van der Waals surface area contributed by atoms with Crippen molar-refractivity contribution in [3.63, 3.8) is 0 Å². The molecule has 0 aliphatic heterocycles. The molecular formula is C9H11NO. The van der Waals surface area contributed by atoms with Gasteiger partial charge < -0.3 is 10.5 Å². The third kappa shape index (κ3) is 2.76. The standard InChI is InChI=1S/C9H11NO/c10-7-4-8-11-9-5-2-1-3-6-9/h1-7H,8,10H2. The van der Waals surface area contributed by atoms with Crippen molar-refractivity contribution in [3.8, 4) is 5.75 Å². The lowest BCUT2D eigenvalue weighted by molar-refractivity contribution is 0.362. The molecule has 2 nitrogen and oxygen atoms in total. The third-order valence-electron chi connectivity index (χ3n) is 1.23. The molecule has 0 bridgehead atoms. The molecule has 1 aromatic rings. The van der Waals surface area contributed by atoms with Crippen LogP contribution in [0.4, 0.5) is 0 Å². The van der Waals surface area contributed by atoms with Gasteiger partial charge in [0.25, 0.3) is 0 Å². The van der Waals surface area contributed by atoms with Gasteiger partial charge in [-0.15, -0.1) is 0 Å². The van der Waals surface area contributed by atoms with E-state index in [9.17, 15) is 0 Å². The first-order valence-corrected chi connectivity index (χ1v) is 3.48. The van der Waals surface area contributed by atoms with E-state index in [1.807, 2.05) is 30.3 Å². The second-order valence-corrected chi connectivity index (χ2v) is 2.05. The van der Waals surface area contributed by atoms with Crippen molar-refractivity contribution < 1.29 is 4.74 Å². The summed E-state index contributed by atoms with van der Waals surface area (Å²) in [6.45, 7) is 0.528. The van der Waals surface area contributed by atoms with E-state index in [0.29, 0.717) is 6.61 Å². The van der Waals surface area contributed by atoms with Gasteiger partial charge in [-0.05, 0) is 24.4 Å². The number of benzene rings is 1. The molecule has 1 rings (SSSR count). The van der Waals surface area contributed by atoms with Crippen molar-refractivity contribution >= 4 is 0 Å². The van der Waals surface area contributed by atoms with E-state index >= 15 is 0 Å². The first kappa shape index (κ1) is 7.66. The zero-order valence-electron chi connectivity index (χ0n) is 6.23. The van der Waals surface area contributed by atoms with Crippen LogP contribution in [0.5, 0.6) is 5.75 Å². The summed E-state index contributed by atoms with van der Waals surface area (Å²) in [4.78, 5) is 0. The molecule has 0 amide bonds. The maximum absolute atomic E-state index is 5.28. The van der Waals surface area contributed by atoms with Gasteiger partial charge in [0.15, 0.2) is 0 Å². The smallest absolute Gasteiger partial charge is 0.119 e. The Labute approximate surface area is 66.3 Å². The van der Waals surface area contributed by atoms with Crippen molar-refractivity contribution in [3.05, 3.63) is 42.6 Å². The van der Waals surface area contributed by atoms with Crippen LogP contribution in [0.3, 0.4) is 0 Å². The van der Waals surface area contributed by atoms with Crippen LogP contribution in [0.15, 0.2) is 42.6 Å². The molecule has 2 heteroatoms. The van der Waals surface area contributed by atoms with Crippen LogP contribution in [-0.2, 0) is 0 Å². The minimum absolute atomic E-state index is 0.528. The zero-order valence-corrected chi connectivity index (χ0v) is 6.23. The molecule has 0 fully saturated rings. The monoisotopic (exact) mass is 149 g/mol. The number of hydrogen-bond acceptors (Lipinski definition) is 2. The molecule has 0 radical (unpaired) electrons. The lowest BCUT2D eigenvalue weighted by atomic mass is 10.3. The van der Waals surface area contributed by atoms with Crippen LogP contribution in [0.2, 0.25) is 0 Å². The molecule has 0 heterocycles. The normalized spacial score (nSPS) is 10.2. The molecule has 11 heavy (non-hydrogen) atoms. The fourth-order valence-electron chi connectivity index (χ4n) is 0.717. The van der Waals surface area contributed by atoms with Crippen molar-refractivity contribution in [2.24, 2.45) is 5.73 Å². The second-order valence-electron chi connectivity index (χ2n) is 2.05. The first-order valence-electron chi connectivity index (χ1n) is 3.48. The van der Waals surface area contributed by atoms with Crippen molar-refractivity contribution in [1.29, 1.82) is 0 Å². The summed E-state index contributed by atoms with van der Waals surface area (Å²) in [6.07, 6.45) is 3.23. The summed E-state index contributed by atoms with van der Waals surface area (Å²) in [7, 11) is 0. The predicted molar refractivity (Wildman–Crippen MR) is 45.3 cm³/mol. The lowest BCUT2D eigenvalue weighted by Crippen LogP contribution is -1.93. The fourth-order valence-corrected chi connectivity index (χ4v) is 0.717. The summed E-state index contributed by atoms with van der Waals surface area (Å²) in [6, 6.07) is 9.63. The van der Waals surface area contributed by atoms with Crippen LogP contribution < -0.4 is 10.5 Å². The average Bonchev–Trinajstić information content (AvgIpc) is 2.07. The van der Waals surface area contributed by atoms with Gasteiger partial charge in [-0.3, -0.25) is 0 Å². The summed E-state index contributed by atoms with van der Waals surface area (Å²) in [5, 5.41) is 0. The maximum atomic E-state index is 5.28. The minimum Gasteiger partial charge on any atom is -0.489 e. The summed E-state index contributed by atoms with van der Waals surface area (Å²) in [5.41, 5.74) is 5.13. The highest BCUT2D eigenvalue weighted by atomic mass is 16.5. The van der Waals surface area contributed by atoms with E-state index < -0.39 is 0 Å². The van der Waals surface area contributed by atoms with Gasteiger partial charge in [-0.1, -0.05) is 18.2 Å². The highest BCUT2D eigenvalue weighted by Crippen LogP contribution is 2.07. The van der Waals surface area contributed by atoms with Crippen molar-refractivity contribution in [1.82, 2.24) is 0 Å². The summed E-state index contributed by atoms with van der Waals surface area (Å²) in [5.74, 6) is 0.866. The van der Waals surface area contributed by atoms with Gasteiger partial charge in [0, 0.05) is 0 Å². The molecule has 0 saturated heterocycles. The van der Waals surface area contributed by atoms with E-state index in [1.165, 1.54) is 6.20 Å². The zero-order chi connectivity index (χ0) is 7.94. The van der Waals surface area contributed by atoms with Crippen molar-refractivity contribution in [2.45, 2.75) is 0 Å². The Morgan fingerprint density at radius 3 is 2.64 bits per heavy atom. The fraction of sp³-hybridized carbons (Fsp3) is 0.111. The van der Waals surface area contributed by atoms with Crippen molar-refractivity contribution in [2.75, 3.05) is 6.61 Å². The van der Waals surface area contributed by atoms with Gasteiger partial charge in [0.1, 0.15) is 12.4 Å². The van der Waals surface area contributed by atoms with Gasteiger partial charge in [-0.2, -0.15) is 0 Å². The SMILES string of the molecule is NC=CCOc1ccccc1. The van der Waals surface area contributed by atoms with E-state index in [0.717, 1.165) is 5.75 Å². The van der Waals surface area contributed by atoms with Gasteiger partial charge in [-0.25, -0.2) is 0 Å². The van der Waals surface area contributed by atoms with Crippen LogP contribution >= 0.6 is 0 Å². The van der Waals surface area contributed by atoms with Gasteiger partial charge >= 0.3 is 0 Å². The van der Waals surface area contributed by atoms with E-state index in [2.05, 4.69) is 0 Å². The van der Waals surface area contributed by atoms with Crippen LogP contribution in [0, 0.1) is 0 Å². The predicted octanol–water partition coefficient (Wildman–Crippen LogP) is 1.54. The number of ether oxygens (including phenoxy) is 1. The Balaban J connectivity index is 2.39. The molecule has 0 spiro atoms. The van der Waals surface area contributed by atoms with Gasteiger partial charge in [0.05, 0.1) is 0 Å². The number of rotatable bonds is 3. The largest absolute Gasteiger partial charge is 0.489 e. The van der Waals surface area contributed by atoms with Crippen LogP contribution in [-0.4, -0.2) is 6.61 Å². The molecule has 1 aromatic carbocycles. The Morgan fingerprint density at radius 1 is 1.27 bits per heavy atom. The van der Waals surface area contributed by atoms with E-state index in [-0.39, 0.29) is 0 Å². The molecular weight excluding hydrogens is 138 g/mol. The highest BCUT2D eigenvalue weighted by Gasteiger charge is 1.85. The number of nitrogens with two attached hydrogens (primary N) is 1. The van der Waals surface area contributed by atoms with E-state index in [4.69, 9.17) is 10.5 Å². The second kappa shape index (κ2) is 4.39. The Hall–Kier alpha value is -1.44. The number of para-hydroxylation sites is 1. The van der Waals surface area contributed by atoms with Crippen LogP contribution in [0.25, 0.3) is 0 Å². The Bertz CT molecular complexity index is 218. The molecule has 0 aliphatic rings. The molecule has 2 N–H and O–H groups in total. The highest BCUT2D eigenvalue weighted by molar-refractivity contribution is 5.21. The molecule has 58 valence electrons. The Morgan fingerprint density at radius 2 is 2.00 bits per heavy atom. The van der Waals surface area contributed by atoms with Crippen LogP contribution in [0.1, 0.15) is 0 Å². The molecule has 0 unspecified atom stereocenters. The quantitative estimate of drug-likeness (QED) is 0.707. The molecule has 0 atom stereocenters. The first-order chi connectivity index (χ1) is 5.43.